The van der Waals surface area contributed by atoms with Gasteiger partial charge >= 0.3 is 0 Å². The number of rotatable bonds is 8. The van der Waals surface area contributed by atoms with Crippen LogP contribution in [0.3, 0.4) is 0 Å². The van der Waals surface area contributed by atoms with Crippen LogP contribution in [0.1, 0.15) is 25.3 Å². The van der Waals surface area contributed by atoms with Crippen molar-refractivity contribution in [3.8, 4) is 0 Å². The lowest BCUT2D eigenvalue weighted by molar-refractivity contribution is 0.127. The Labute approximate surface area is 126 Å². The monoisotopic (exact) mass is 313 g/mol. The molecule has 0 spiro atoms. The van der Waals surface area contributed by atoms with Crippen LogP contribution in [0.4, 0.5) is 0 Å². The summed E-state index contributed by atoms with van der Waals surface area (Å²) in [6, 6.07) is 6.14. The van der Waals surface area contributed by atoms with Gasteiger partial charge in [-0.2, -0.15) is 4.31 Å². The van der Waals surface area contributed by atoms with Crippen LogP contribution in [-0.4, -0.2) is 49.7 Å². The van der Waals surface area contributed by atoms with Crippen LogP contribution in [0.15, 0.2) is 29.2 Å². The molecule has 1 fully saturated rings. The normalized spacial score (nSPS) is 25.0. The van der Waals surface area contributed by atoms with Gasteiger partial charge in [0.25, 0.3) is 0 Å². The van der Waals surface area contributed by atoms with Crippen LogP contribution in [0.25, 0.3) is 0 Å². The summed E-state index contributed by atoms with van der Waals surface area (Å²) >= 11 is 0. The van der Waals surface area contributed by atoms with Gasteiger partial charge in [-0.15, -0.1) is 0 Å². The molecule has 1 saturated heterocycles. The van der Waals surface area contributed by atoms with Crippen LogP contribution in [0, 0.1) is 6.92 Å². The third kappa shape index (κ3) is 3.63. The molecule has 3 atom stereocenters. The first-order chi connectivity index (χ1) is 10.0. The molecule has 6 heteroatoms. The number of aryl methyl sites for hydroxylation is 1. The molecule has 1 aromatic rings. The van der Waals surface area contributed by atoms with Crippen molar-refractivity contribution in [3.63, 3.8) is 0 Å². The second-order valence-corrected chi connectivity index (χ2v) is 7.24. The third-order valence-corrected chi connectivity index (χ3v) is 5.69. The van der Waals surface area contributed by atoms with Crippen LogP contribution >= 0.6 is 0 Å². The number of nitrogens with zero attached hydrogens (tertiary/aromatic N) is 1. The summed E-state index contributed by atoms with van der Waals surface area (Å²) < 4.78 is 31.9. The summed E-state index contributed by atoms with van der Waals surface area (Å²) in [4.78, 5) is 0.266. The summed E-state index contributed by atoms with van der Waals surface area (Å²) in [6.07, 6.45) is 2.00. The van der Waals surface area contributed by atoms with Crippen molar-refractivity contribution in [3.05, 3.63) is 29.8 Å². The molecule has 0 saturated carbocycles. The molecule has 1 heterocycles. The van der Waals surface area contributed by atoms with Gasteiger partial charge in [-0.1, -0.05) is 31.0 Å². The molecule has 0 aromatic heterocycles. The van der Waals surface area contributed by atoms with Gasteiger partial charge in [0.2, 0.25) is 10.0 Å². The molecule has 0 bridgehead atoms. The highest BCUT2D eigenvalue weighted by atomic mass is 32.2. The molecule has 2 rings (SSSR count). The zero-order valence-corrected chi connectivity index (χ0v) is 13.3. The first-order valence-electron chi connectivity index (χ1n) is 7.31. The molecule has 1 aliphatic heterocycles. The number of hydrogen-bond donors (Lipinski definition) is 1. The van der Waals surface area contributed by atoms with Gasteiger partial charge in [0, 0.05) is 6.61 Å². The maximum absolute atomic E-state index is 12.5. The fraction of sp³-hybridized carbons (Fsp3) is 0.600. The van der Waals surface area contributed by atoms with Gasteiger partial charge in [-0.25, -0.2) is 8.42 Å². The number of benzene rings is 1. The Morgan fingerprint density at radius 3 is 2.48 bits per heavy atom. The van der Waals surface area contributed by atoms with E-state index in [1.165, 1.54) is 4.31 Å². The zero-order valence-electron chi connectivity index (χ0n) is 12.5. The van der Waals surface area contributed by atoms with E-state index >= 15 is 0 Å². The molecule has 1 aromatic carbocycles. The van der Waals surface area contributed by atoms with Crippen molar-refractivity contribution in [2.75, 3.05) is 19.8 Å². The summed E-state index contributed by atoms with van der Waals surface area (Å²) in [6.45, 7) is 4.78. The van der Waals surface area contributed by atoms with E-state index < -0.39 is 10.0 Å². The standard InChI is InChI=1S/C15H23NO4S/c1-3-4-9-20-11-15-14(10-17)16(15)21(18,19)13-7-5-12(2)6-8-13/h5-8,14-15,17H,3-4,9-11H2,1-2H3. The third-order valence-electron chi connectivity index (χ3n) is 3.72. The summed E-state index contributed by atoms with van der Waals surface area (Å²) in [5.74, 6) is 0. The van der Waals surface area contributed by atoms with Crippen molar-refractivity contribution in [1.29, 1.82) is 0 Å². The summed E-state index contributed by atoms with van der Waals surface area (Å²) in [7, 11) is -3.54. The topological polar surface area (TPSA) is 66.6 Å². The molecule has 1 N–H and O–H groups in total. The van der Waals surface area contributed by atoms with Crippen LogP contribution in [0.5, 0.6) is 0 Å². The molecular formula is C15H23NO4S. The first-order valence-corrected chi connectivity index (χ1v) is 8.75. The highest BCUT2D eigenvalue weighted by Gasteiger charge is 2.55. The van der Waals surface area contributed by atoms with Gasteiger partial charge in [0.05, 0.1) is 30.2 Å². The molecule has 0 radical (unpaired) electrons. The maximum Gasteiger partial charge on any atom is 0.243 e. The van der Waals surface area contributed by atoms with Gasteiger partial charge in [-0.05, 0) is 25.5 Å². The van der Waals surface area contributed by atoms with E-state index in [0.29, 0.717) is 13.2 Å². The second kappa shape index (κ2) is 6.87. The minimum Gasteiger partial charge on any atom is -0.395 e. The molecule has 5 nitrogen and oxygen atoms in total. The maximum atomic E-state index is 12.5. The van der Waals surface area contributed by atoms with Gasteiger partial charge in [-0.3, -0.25) is 0 Å². The van der Waals surface area contributed by atoms with E-state index in [1.807, 2.05) is 6.92 Å². The minimum absolute atomic E-state index is 0.174. The minimum atomic E-state index is -3.54. The number of hydrogen-bond acceptors (Lipinski definition) is 4. The Bertz CT molecular complexity index is 556. The Balaban J connectivity index is 2.04. The fourth-order valence-corrected chi connectivity index (χ4v) is 4.13. The highest BCUT2D eigenvalue weighted by Crippen LogP contribution is 2.35. The molecule has 0 aliphatic carbocycles. The van der Waals surface area contributed by atoms with E-state index in [4.69, 9.17) is 4.74 Å². The Morgan fingerprint density at radius 2 is 1.90 bits per heavy atom. The van der Waals surface area contributed by atoms with E-state index in [9.17, 15) is 13.5 Å². The van der Waals surface area contributed by atoms with Gasteiger partial charge < -0.3 is 9.84 Å². The molecule has 118 valence electrons. The smallest absolute Gasteiger partial charge is 0.243 e. The molecule has 0 amide bonds. The molecule has 3 unspecified atom stereocenters. The fourth-order valence-electron chi connectivity index (χ4n) is 2.34. The van der Waals surface area contributed by atoms with E-state index in [0.717, 1.165) is 18.4 Å². The number of aliphatic hydroxyl groups is 1. The van der Waals surface area contributed by atoms with Crippen LogP contribution < -0.4 is 0 Å². The van der Waals surface area contributed by atoms with E-state index in [-0.39, 0.29) is 23.6 Å². The van der Waals surface area contributed by atoms with Gasteiger partial charge in [0.1, 0.15) is 0 Å². The lowest BCUT2D eigenvalue weighted by Gasteiger charge is -2.07. The summed E-state index contributed by atoms with van der Waals surface area (Å²) in [5, 5.41) is 9.34. The van der Waals surface area contributed by atoms with Crippen molar-refractivity contribution in [2.45, 2.75) is 43.7 Å². The van der Waals surface area contributed by atoms with Crippen molar-refractivity contribution < 1.29 is 18.3 Å². The van der Waals surface area contributed by atoms with Crippen molar-refractivity contribution in [1.82, 2.24) is 4.31 Å². The Hall–Kier alpha value is -0.950. The number of unbranched alkanes of at least 4 members (excludes halogenated alkanes) is 1. The summed E-state index contributed by atoms with van der Waals surface area (Å²) in [5.41, 5.74) is 1.01. The van der Waals surface area contributed by atoms with E-state index in [2.05, 4.69) is 6.92 Å². The quantitative estimate of drug-likeness (QED) is 0.584. The number of aliphatic hydroxyl groups excluding tert-OH is 1. The number of sulfonamides is 1. The predicted molar refractivity (Wildman–Crippen MR) is 80.6 cm³/mol. The lowest BCUT2D eigenvalue weighted by Crippen LogP contribution is -2.18. The average Bonchev–Trinajstić information content (AvgIpc) is 3.18. The molecule has 21 heavy (non-hydrogen) atoms. The Kier molecular flexibility index (Phi) is 5.37. The van der Waals surface area contributed by atoms with E-state index in [1.54, 1.807) is 24.3 Å². The largest absolute Gasteiger partial charge is 0.395 e. The van der Waals surface area contributed by atoms with Crippen molar-refractivity contribution >= 4 is 10.0 Å². The van der Waals surface area contributed by atoms with Crippen LogP contribution in [-0.2, 0) is 14.8 Å². The molecule has 1 aliphatic rings. The second-order valence-electron chi connectivity index (χ2n) is 5.39. The Morgan fingerprint density at radius 1 is 1.24 bits per heavy atom. The van der Waals surface area contributed by atoms with Crippen molar-refractivity contribution in [2.24, 2.45) is 0 Å². The zero-order chi connectivity index (χ0) is 15.5. The SMILES string of the molecule is CCCCOCC1C(CO)N1S(=O)(=O)c1ccc(C)cc1. The highest BCUT2D eigenvalue weighted by molar-refractivity contribution is 7.89. The first kappa shape index (κ1) is 16.4. The predicted octanol–water partition coefficient (Wildman–Crippen LogP) is 1.55. The molecular weight excluding hydrogens is 290 g/mol. The van der Waals surface area contributed by atoms with Crippen LogP contribution in [0.2, 0.25) is 0 Å². The lowest BCUT2D eigenvalue weighted by atomic mass is 10.2. The number of ether oxygens (including phenoxy) is 1. The van der Waals surface area contributed by atoms with Gasteiger partial charge in [0.15, 0.2) is 0 Å². The average molecular weight is 313 g/mol.